The largest absolute Gasteiger partial charge is 0.481 e. The molecule has 1 aromatic rings. The fraction of sp³-hybridized carbons (Fsp3) is 0.364. The van der Waals surface area contributed by atoms with Gasteiger partial charge in [0.25, 0.3) is 5.69 Å². The Labute approximate surface area is 115 Å². The first-order valence-electron chi connectivity index (χ1n) is 5.67. The van der Waals surface area contributed by atoms with Gasteiger partial charge in [-0.05, 0) is 12.5 Å². The summed E-state index contributed by atoms with van der Waals surface area (Å²) in [7, 11) is -3.76. The number of carboxylic acids is 1. The SMILES string of the molecule is CC(NS(=O)(=O)CCC(=O)O)c1cccc([N+](=O)[O-])c1. The zero-order chi connectivity index (χ0) is 15.3. The van der Waals surface area contributed by atoms with Gasteiger partial charge >= 0.3 is 5.97 Å². The number of aliphatic carboxylic acids is 1. The standard InChI is InChI=1S/C11H14N2O6S/c1-8(12-20(18,19)6-5-11(14)15)9-3-2-4-10(7-9)13(16)17/h2-4,7-8,12H,5-6H2,1H3,(H,14,15). The Balaban J connectivity index is 2.80. The molecule has 1 atom stereocenters. The number of benzene rings is 1. The van der Waals surface area contributed by atoms with E-state index in [1.807, 2.05) is 0 Å². The lowest BCUT2D eigenvalue weighted by atomic mass is 10.1. The maximum atomic E-state index is 11.6. The molecule has 0 radical (unpaired) electrons. The van der Waals surface area contributed by atoms with Crippen LogP contribution in [-0.2, 0) is 14.8 Å². The Morgan fingerprint density at radius 3 is 2.70 bits per heavy atom. The van der Waals surface area contributed by atoms with Crippen LogP contribution in [0.25, 0.3) is 0 Å². The molecular weight excluding hydrogens is 288 g/mol. The zero-order valence-corrected chi connectivity index (χ0v) is 11.5. The quantitative estimate of drug-likeness (QED) is 0.572. The molecule has 0 aliphatic carbocycles. The number of hydrogen-bond donors (Lipinski definition) is 2. The Morgan fingerprint density at radius 2 is 2.15 bits per heavy atom. The Kier molecular flexibility index (Phi) is 5.17. The molecule has 0 amide bonds. The number of carboxylic acid groups (broad SMARTS) is 1. The van der Waals surface area contributed by atoms with Crippen LogP contribution in [0.15, 0.2) is 24.3 Å². The van der Waals surface area contributed by atoms with E-state index in [-0.39, 0.29) is 5.69 Å². The van der Waals surface area contributed by atoms with Crippen molar-refractivity contribution in [3.05, 3.63) is 39.9 Å². The first kappa shape index (κ1) is 16.1. The number of nitrogens with one attached hydrogen (secondary N) is 1. The molecule has 0 fully saturated rings. The van der Waals surface area contributed by atoms with E-state index in [1.54, 1.807) is 6.07 Å². The van der Waals surface area contributed by atoms with Crippen LogP contribution in [0.4, 0.5) is 5.69 Å². The van der Waals surface area contributed by atoms with E-state index in [0.29, 0.717) is 5.56 Å². The van der Waals surface area contributed by atoms with Gasteiger partial charge in [-0.1, -0.05) is 12.1 Å². The highest BCUT2D eigenvalue weighted by atomic mass is 32.2. The monoisotopic (exact) mass is 302 g/mol. The minimum absolute atomic E-state index is 0.140. The van der Waals surface area contributed by atoms with Crippen LogP contribution in [0.5, 0.6) is 0 Å². The van der Waals surface area contributed by atoms with Gasteiger partial charge in [0.1, 0.15) is 0 Å². The number of hydrogen-bond acceptors (Lipinski definition) is 5. The Bertz CT molecular complexity index is 613. The van der Waals surface area contributed by atoms with Crippen LogP contribution < -0.4 is 4.72 Å². The molecule has 0 saturated heterocycles. The van der Waals surface area contributed by atoms with E-state index >= 15 is 0 Å². The fourth-order valence-electron chi connectivity index (χ4n) is 1.53. The summed E-state index contributed by atoms with van der Waals surface area (Å²) >= 11 is 0. The average molecular weight is 302 g/mol. The molecule has 1 aromatic carbocycles. The lowest BCUT2D eigenvalue weighted by Crippen LogP contribution is -2.30. The van der Waals surface area contributed by atoms with Crippen LogP contribution in [0.3, 0.4) is 0 Å². The fourth-order valence-corrected chi connectivity index (χ4v) is 2.76. The second kappa shape index (κ2) is 6.44. The number of nitro groups is 1. The molecule has 0 aliphatic rings. The first-order chi connectivity index (χ1) is 9.21. The third-order valence-corrected chi connectivity index (χ3v) is 3.98. The molecule has 0 aliphatic heterocycles. The highest BCUT2D eigenvalue weighted by molar-refractivity contribution is 7.89. The van der Waals surface area contributed by atoms with Crippen LogP contribution in [0.2, 0.25) is 0 Å². The van der Waals surface area contributed by atoms with Crippen molar-refractivity contribution in [3.8, 4) is 0 Å². The van der Waals surface area contributed by atoms with E-state index in [0.717, 1.165) is 0 Å². The summed E-state index contributed by atoms with van der Waals surface area (Å²) in [6.07, 6.45) is -0.503. The third kappa shape index (κ3) is 4.94. The van der Waals surface area contributed by atoms with Gasteiger partial charge in [0, 0.05) is 18.2 Å². The van der Waals surface area contributed by atoms with Crippen molar-refractivity contribution in [1.29, 1.82) is 0 Å². The molecule has 1 unspecified atom stereocenters. The summed E-state index contributed by atoms with van der Waals surface area (Å²) in [6, 6.07) is 4.89. The van der Waals surface area contributed by atoms with Crippen LogP contribution in [-0.4, -0.2) is 30.2 Å². The van der Waals surface area contributed by atoms with E-state index in [4.69, 9.17) is 5.11 Å². The number of nitrogens with zero attached hydrogens (tertiary/aromatic N) is 1. The molecule has 9 heteroatoms. The second-order valence-electron chi connectivity index (χ2n) is 4.15. The molecule has 1 rings (SSSR count). The maximum Gasteiger partial charge on any atom is 0.304 e. The number of rotatable bonds is 7. The van der Waals surface area contributed by atoms with Gasteiger partial charge < -0.3 is 5.11 Å². The predicted octanol–water partition coefficient (Wildman–Crippen LogP) is 1.05. The van der Waals surface area contributed by atoms with Crippen molar-refractivity contribution in [2.24, 2.45) is 0 Å². The van der Waals surface area contributed by atoms with E-state index in [2.05, 4.69) is 4.72 Å². The van der Waals surface area contributed by atoms with E-state index < -0.39 is 39.1 Å². The summed E-state index contributed by atoms with van der Waals surface area (Å²) < 4.78 is 25.5. The van der Waals surface area contributed by atoms with Crippen molar-refractivity contribution >= 4 is 21.7 Å². The van der Waals surface area contributed by atoms with Gasteiger partial charge in [-0.15, -0.1) is 0 Å². The number of sulfonamides is 1. The van der Waals surface area contributed by atoms with E-state index in [1.165, 1.54) is 25.1 Å². The van der Waals surface area contributed by atoms with Crippen molar-refractivity contribution in [1.82, 2.24) is 4.72 Å². The lowest BCUT2D eigenvalue weighted by Gasteiger charge is -2.14. The van der Waals surface area contributed by atoms with Crippen LogP contribution in [0, 0.1) is 10.1 Å². The molecular formula is C11H14N2O6S. The molecule has 110 valence electrons. The summed E-state index contributed by atoms with van der Waals surface area (Å²) in [5.41, 5.74) is 0.289. The lowest BCUT2D eigenvalue weighted by molar-refractivity contribution is -0.384. The molecule has 0 saturated carbocycles. The Morgan fingerprint density at radius 1 is 1.50 bits per heavy atom. The van der Waals surface area contributed by atoms with Gasteiger partial charge in [0.05, 0.1) is 17.1 Å². The number of non-ortho nitro benzene ring substituents is 1. The average Bonchev–Trinajstić information content (AvgIpc) is 2.36. The summed E-state index contributed by atoms with van der Waals surface area (Å²) in [5, 5.41) is 19.1. The van der Waals surface area contributed by atoms with Gasteiger partial charge in [0.15, 0.2) is 0 Å². The summed E-state index contributed by atoms with van der Waals surface area (Å²) in [5.74, 6) is -1.75. The van der Waals surface area contributed by atoms with Crippen molar-refractivity contribution < 1.29 is 23.2 Å². The smallest absolute Gasteiger partial charge is 0.304 e. The highest BCUT2D eigenvalue weighted by Gasteiger charge is 2.18. The van der Waals surface area contributed by atoms with Gasteiger partial charge in [0.2, 0.25) is 10.0 Å². The maximum absolute atomic E-state index is 11.6. The minimum Gasteiger partial charge on any atom is -0.481 e. The molecule has 0 heterocycles. The summed E-state index contributed by atoms with van der Waals surface area (Å²) in [6.45, 7) is 1.53. The van der Waals surface area contributed by atoms with Gasteiger partial charge in [-0.2, -0.15) is 0 Å². The predicted molar refractivity (Wildman–Crippen MR) is 70.7 cm³/mol. The number of carbonyl (C=O) groups is 1. The normalized spacial score (nSPS) is 12.8. The van der Waals surface area contributed by atoms with Gasteiger partial charge in [-0.25, -0.2) is 13.1 Å². The first-order valence-corrected chi connectivity index (χ1v) is 7.32. The highest BCUT2D eigenvalue weighted by Crippen LogP contribution is 2.19. The molecule has 0 bridgehead atoms. The van der Waals surface area contributed by atoms with Crippen LogP contribution >= 0.6 is 0 Å². The molecule has 2 N–H and O–H groups in total. The van der Waals surface area contributed by atoms with Crippen molar-refractivity contribution in [2.75, 3.05) is 5.75 Å². The topological polar surface area (TPSA) is 127 Å². The van der Waals surface area contributed by atoms with Crippen LogP contribution in [0.1, 0.15) is 24.9 Å². The van der Waals surface area contributed by atoms with Crippen molar-refractivity contribution in [3.63, 3.8) is 0 Å². The second-order valence-corrected chi connectivity index (χ2v) is 6.03. The summed E-state index contributed by atoms with van der Waals surface area (Å²) in [4.78, 5) is 20.4. The molecule has 0 spiro atoms. The van der Waals surface area contributed by atoms with Gasteiger partial charge in [-0.3, -0.25) is 14.9 Å². The van der Waals surface area contributed by atoms with E-state index in [9.17, 15) is 23.3 Å². The molecule has 20 heavy (non-hydrogen) atoms. The zero-order valence-electron chi connectivity index (χ0n) is 10.6. The molecule has 0 aromatic heterocycles. The molecule has 8 nitrogen and oxygen atoms in total. The van der Waals surface area contributed by atoms with Crippen molar-refractivity contribution in [2.45, 2.75) is 19.4 Å². The third-order valence-electron chi connectivity index (χ3n) is 2.52. The Hall–Kier alpha value is -2.00. The number of nitro benzene ring substituents is 1. The minimum atomic E-state index is -3.76.